The second-order valence-electron chi connectivity index (χ2n) is 7.23. The van der Waals surface area contributed by atoms with E-state index >= 15 is 0 Å². The fraction of sp³-hybridized carbons (Fsp3) is 0.450. The maximum Gasteiger partial charge on any atom is 0.227 e. The van der Waals surface area contributed by atoms with Crippen LogP contribution < -0.4 is 0 Å². The Kier molecular flexibility index (Phi) is 4.49. The van der Waals surface area contributed by atoms with E-state index in [0.29, 0.717) is 18.4 Å². The van der Waals surface area contributed by atoms with Gasteiger partial charge in [-0.3, -0.25) is 19.7 Å². The largest absolute Gasteiger partial charge is 0.338 e. The molecular weight excluding hydrogens is 312 g/mol. The summed E-state index contributed by atoms with van der Waals surface area (Å²) >= 11 is 0. The molecule has 2 fully saturated rings. The molecule has 0 radical (unpaired) electrons. The normalized spacial score (nSPS) is 23.7. The van der Waals surface area contributed by atoms with Crippen LogP contribution in [0.25, 0.3) is 0 Å². The first-order valence-electron chi connectivity index (χ1n) is 9.01. The minimum atomic E-state index is 0.139. The number of likely N-dealkylation sites (tertiary alicyclic amines) is 2. The monoisotopic (exact) mass is 336 g/mol. The van der Waals surface area contributed by atoms with Crippen molar-refractivity contribution in [1.29, 1.82) is 0 Å². The standard InChI is InChI=1S/C20H24N4O/c1-15-3-2-4-18(22-15)13-23-12-17-7-10-24(20(25)19(17)14-23)11-16-5-8-21-9-6-16/h2-6,8-9,17,19H,7,10-14H2,1H3/t17-,19-/m1/s1. The molecule has 0 spiro atoms. The Labute approximate surface area is 148 Å². The Hall–Kier alpha value is -2.27. The highest BCUT2D eigenvalue weighted by atomic mass is 16.2. The zero-order chi connectivity index (χ0) is 17.2. The second-order valence-corrected chi connectivity index (χ2v) is 7.23. The van der Waals surface area contributed by atoms with Gasteiger partial charge in [0.1, 0.15) is 0 Å². The zero-order valence-corrected chi connectivity index (χ0v) is 14.6. The number of piperidine rings is 1. The maximum absolute atomic E-state index is 12.9. The smallest absolute Gasteiger partial charge is 0.227 e. The molecule has 0 N–H and O–H groups in total. The third kappa shape index (κ3) is 3.56. The molecule has 25 heavy (non-hydrogen) atoms. The molecule has 4 heterocycles. The number of pyridine rings is 2. The molecule has 0 bridgehead atoms. The van der Waals surface area contributed by atoms with Crippen molar-refractivity contribution < 1.29 is 4.79 Å². The van der Waals surface area contributed by atoms with Crippen molar-refractivity contribution in [2.45, 2.75) is 26.4 Å². The van der Waals surface area contributed by atoms with Crippen LogP contribution in [0.2, 0.25) is 0 Å². The first-order chi connectivity index (χ1) is 12.2. The summed E-state index contributed by atoms with van der Waals surface area (Å²) in [6.07, 6.45) is 4.68. The lowest BCUT2D eigenvalue weighted by atomic mass is 9.88. The molecule has 4 rings (SSSR count). The lowest BCUT2D eigenvalue weighted by molar-refractivity contribution is -0.140. The summed E-state index contributed by atoms with van der Waals surface area (Å²) in [6.45, 7) is 6.28. The number of rotatable bonds is 4. The van der Waals surface area contributed by atoms with Crippen molar-refractivity contribution in [2.24, 2.45) is 11.8 Å². The minimum Gasteiger partial charge on any atom is -0.338 e. The lowest BCUT2D eigenvalue weighted by Gasteiger charge is -2.34. The highest BCUT2D eigenvalue weighted by Crippen LogP contribution is 2.33. The van der Waals surface area contributed by atoms with Gasteiger partial charge in [0.05, 0.1) is 11.6 Å². The molecule has 130 valence electrons. The van der Waals surface area contributed by atoms with Crippen molar-refractivity contribution >= 4 is 5.91 Å². The van der Waals surface area contributed by atoms with E-state index in [4.69, 9.17) is 0 Å². The fourth-order valence-electron chi connectivity index (χ4n) is 4.11. The van der Waals surface area contributed by atoms with Gasteiger partial charge < -0.3 is 4.90 Å². The van der Waals surface area contributed by atoms with Gasteiger partial charge in [0.25, 0.3) is 0 Å². The molecule has 2 aliphatic heterocycles. The molecule has 0 aromatic carbocycles. The number of hydrogen-bond acceptors (Lipinski definition) is 4. The van der Waals surface area contributed by atoms with Crippen LogP contribution in [-0.2, 0) is 17.9 Å². The average Bonchev–Trinajstić information content (AvgIpc) is 3.02. The summed E-state index contributed by atoms with van der Waals surface area (Å²) in [5, 5.41) is 0. The van der Waals surface area contributed by atoms with Gasteiger partial charge in [0, 0.05) is 50.8 Å². The number of hydrogen-bond donors (Lipinski definition) is 0. The van der Waals surface area contributed by atoms with Crippen LogP contribution in [0.3, 0.4) is 0 Å². The van der Waals surface area contributed by atoms with Crippen molar-refractivity contribution in [3.8, 4) is 0 Å². The topological polar surface area (TPSA) is 49.3 Å². The van der Waals surface area contributed by atoms with E-state index < -0.39 is 0 Å². The number of nitrogens with zero attached hydrogens (tertiary/aromatic N) is 4. The summed E-state index contributed by atoms with van der Waals surface area (Å²) in [5.41, 5.74) is 3.30. The molecule has 0 saturated carbocycles. The van der Waals surface area contributed by atoms with Crippen LogP contribution in [0.5, 0.6) is 0 Å². The molecule has 0 unspecified atom stereocenters. The first kappa shape index (κ1) is 16.2. The van der Waals surface area contributed by atoms with E-state index in [1.807, 2.05) is 30.0 Å². The minimum absolute atomic E-state index is 0.139. The predicted molar refractivity (Wildman–Crippen MR) is 95.5 cm³/mol. The highest BCUT2D eigenvalue weighted by molar-refractivity contribution is 5.80. The maximum atomic E-state index is 12.9. The van der Waals surface area contributed by atoms with Gasteiger partial charge in [-0.1, -0.05) is 6.07 Å². The van der Waals surface area contributed by atoms with Crippen molar-refractivity contribution in [1.82, 2.24) is 19.8 Å². The Bertz CT molecular complexity index is 748. The Morgan fingerprint density at radius 1 is 1.12 bits per heavy atom. The molecule has 2 aromatic rings. The zero-order valence-electron chi connectivity index (χ0n) is 14.6. The second kappa shape index (κ2) is 6.92. The van der Waals surface area contributed by atoms with Crippen molar-refractivity contribution in [3.05, 3.63) is 59.7 Å². The SMILES string of the molecule is Cc1cccc(CN2C[C@H]3CCN(Cc4ccncc4)C(=O)[C@@H]3C2)n1. The van der Waals surface area contributed by atoms with Crippen molar-refractivity contribution in [3.63, 3.8) is 0 Å². The summed E-state index contributed by atoms with van der Waals surface area (Å²) in [5.74, 6) is 0.944. The number of carbonyl (C=O) groups excluding carboxylic acids is 1. The first-order valence-corrected chi connectivity index (χ1v) is 9.01. The third-order valence-electron chi connectivity index (χ3n) is 5.37. The summed E-state index contributed by atoms with van der Waals surface area (Å²) in [6, 6.07) is 10.1. The predicted octanol–water partition coefficient (Wildman–Crippen LogP) is 2.27. The Balaban J connectivity index is 1.40. The fourth-order valence-corrected chi connectivity index (χ4v) is 4.11. The number of carbonyl (C=O) groups is 1. The van der Waals surface area contributed by atoms with Gasteiger partial charge >= 0.3 is 0 Å². The molecule has 2 atom stereocenters. The number of fused-ring (bicyclic) bond motifs is 1. The van der Waals surface area contributed by atoms with Crippen LogP contribution in [-0.4, -0.2) is 45.3 Å². The number of amides is 1. The molecule has 5 heteroatoms. The van der Waals surface area contributed by atoms with E-state index in [1.165, 1.54) is 0 Å². The Morgan fingerprint density at radius 3 is 2.76 bits per heavy atom. The van der Waals surface area contributed by atoms with Gasteiger partial charge in [0.15, 0.2) is 0 Å². The van der Waals surface area contributed by atoms with Crippen LogP contribution in [0.1, 0.15) is 23.4 Å². The van der Waals surface area contributed by atoms with Gasteiger partial charge in [-0.25, -0.2) is 0 Å². The molecule has 5 nitrogen and oxygen atoms in total. The highest BCUT2D eigenvalue weighted by Gasteiger charge is 2.42. The molecule has 2 saturated heterocycles. The van der Waals surface area contributed by atoms with Gasteiger partial charge in [-0.2, -0.15) is 0 Å². The summed E-state index contributed by atoms with van der Waals surface area (Å²) in [4.78, 5) is 26.0. The van der Waals surface area contributed by atoms with E-state index in [0.717, 1.165) is 49.6 Å². The van der Waals surface area contributed by atoms with E-state index in [1.54, 1.807) is 12.4 Å². The van der Waals surface area contributed by atoms with Crippen LogP contribution >= 0.6 is 0 Å². The average molecular weight is 336 g/mol. The van der Waals surface area contributed by atoms with E-state index in [-0.39, 0.29) is 5.92 Å². The summed E-state index contributed by atoms with van der Waals surface area (Å²) < 4.78 is 0. The van der Waals surface area contributed by atoms with Gasteiger partial charge in [-0.05, 0) is 49.1 Å². The van der Waals surface area contributed by atoms with Crippen molar-refractivity contribution in [2.75, 3.05) is 19.6 Å². The molecule has 2 aliphatic rings. The number of aryl methyl sites for hydroxylation is 1. The van der Waals surface area contributed by atoms with Gasteiger partial charge in [0.2, 0.25) is 5.91 Å². The molecule has 2 aromatic heterocycles. The molecule has 1 amide bonds. The van der Waals surface area contributed by atoms with E-state index in [2.05, 4.69) is 27.0 Å². The molecular formula is C20H24N4O. The van der Waals surface area contributed by atoms with Crippen LogP contribution in [0, 0.1) is 18.8 Å². The van der Waals surface area contributed by atoms with Crippen LogP contribution in [0.4, 0.5) is 0 Å². The quantitative estimate of drug-likeness (QED) is 0.859. The van der Waals surface area contributed by atoms with E-state index in [9.17, 15) is 4.79 Å². The Morgan fingerprint density at radius 2 is 1.96 bits per heavy atom. The lowest BCUT2D eigenvalue weighted by Crippen LogP contribution is -2.44. The van der Waals surface area contributed by atoms with Gasteiger partial charge in [-0.15, -0.1) is 0 Å². The number of aromatic nitrogens is 2. The van der Waals surface area contributed by atoms with Crippen LogP contribution in [0.15, 0.2) is 42.7 Å². The molecule has 0 aliphatic carbocycles. The third-order valence-corrected chi connectivity index (χ3v) is 5.37. The summed E-state index contributed by atoms with van der Waals surface area (Å²) in [7, 11) is 0.